The van der Waals surface area contributed by atoms with Crippen molar-refractivity contribution in [1.29, 1.82) is 0 Å². The standard InChI is InChI=1S/C20H19ClFN5O2S/c1-2-27-17(11-23-19(29)13-7-9-14(22)10-8-13)25-26-20(27)30-12-18(28)24-16-6-4-3-5-15(16)21/h3-10H,2,11-12H2,1H3,(H,23,29)(H,24,28). The number of hydrogen-bond acceptors (Lipinski definition) is 5. The van der Waals surface area contributed by atoms with Crippen molar-refractivity contribution in [1.82, 2.24) is 20.1 Å². The number of carbonyl (C=O) groups is 2. The van der Waals surface area contributed by atoms with Gasteiger partial charge in [0.15, 0.2) is 11.0 Å². The van der Waals surface area contributed by atoms with Crippen LogP contribution in [0.5, 0.6) is 0 Å². The van der Waals surface area contributed by atoms with Crippen molar-refractivity contribution in [3.8, 4) is 0 Å². The monoisotopic (exact) mass is 447 g/mol. The second-order valence-electron chi connectivity index (χ2n) is 6.15. The topological polar surface area (TPSA) is 88.9 Å². The molecule has 0 spiro atoms. The number of anilines is 1. The number of benzene rings is 2. The summed E-state index contributed by atoms with van der Waals surface area (Å²) >= 11 is 7.29. The maximum Gasteiger partial charge on any atom is 0.251 e. The van der Waals surface area contributed by atoms with Gasteiger partial charge in [-0.25, -0.2) is 4.39 Å². The molecule has 10 heteroatoms. The molecule has 1 aromatic heterocycles. The van der Waals surface area contributed by atoms with E-state index in [9.17, 15) is 14.0 Å². The van der Waals surface area contributed by atoms with Gasteiger partial charge in [0.2, 0.25) is 5.91 Å². The summed E-state index contributed by atoms with van der Waals surface area (Å²) in [6.45, 7) is 2.65. The number of carbonyl (C=O) groups excluding carboxylic acids is 2. The molecule has 0 atom stereocenters. The summed E-state index contributed by atoms with van der Waals surface area (Å²) in [5.41, 5.74) is 0.899. The first-order valence-corrected chi connectivity index (χ1v) is 10.5. The Morgan fingerprint density at radius 3 is 2.57 bits per heavy atom. The van der Waals surface area contributed by atoms with Gasteiger partial charge in [0.05, 0.1) is 23.0 Å². The minimum atomic E-state index is -0.405. The van der Waals surface area contributed by atoms with Gasteiger partial charge < -0.3 is 15.2 Å². The molecule has 0 aliphatic rings. The van der Waals surface area contributed by atoms with Crippen molar-refractivity contribution in [3.05, 3.63) is 70.8 Å². The van der Waals surface area contributed by atoms with E-state index in [0.717, 1.165) is 0 Å². The van der Waals surface area contributed by atoms with E-state index in [1.807, 2.05) is 11.5 Å². The van der Waals surface area contributed by atoms with Crippen LogP contribution in [-0.4, -0.2) is 32.3 Å². The van der Waals surface area contributed by atoms with Crippen molar-refractivity contribution < 1.29 is 14.0 Å². The molecular weight excluding hydrogens is 429 g/mol. The summed E-state index contributed by atoms with van der Waals surface area (Å²) < 4.78 is 14.8. The Labute approximate surface area is 182 Å². The number of para-hydroxylation sites is 1. The number of rotatable bonds is 8. The smallest absolute Gasteiger partial charge is 0.251 e. The average molecular weight is 448 g/mol. The van der Waals surface area contributed by atoms with E-state index in [1.165, 1.54) is 36.0 Å². The van der Waals surface area contributed by atoms with Crippen LogP contribution in [0, 0.1) is 5.82 Å². The maximum atomic E-state index is 13.0. The number of amides is 2. The number of nitrogens with one attached hydrogen (secondary N) is 2. The first-order chi connectivity index (χ1) is 14.5. The van der Waals surface area contributed by atoms with Crippen LogP contribution in [0.25, 0.3) is 0 Å². The Hall–Kier alpha value is -2.91. The first kappa shape index (κ1) is 21.8. The van der Waals surface area contributed by atoms with Crippen LogP contribution < -0.4 is 10.6 Å². The quantitative estimate of drug-likeness (QED) is 0.513. The van der Waals surface area contributed by atoms with E-state index in [-0.39, 0.29) is 24.1 Å². The summed E-state index contributed by atoms with van der Waals surface area (Å²) in [6, 6.07) is 12.3. The zero-order chi connectivity index (χ0) is 21.5. The summed E-state index contributed by atoms with van der Waals surface area (Å²) in [5.74, 6) is -0.274. The highest BCUT2D eigenvalue weighted by Gasteiger charge is 2.15. The lowest BCUT2D eigenvalue weighted by Gasteiger charge is -2.09. The van der Waals surface area contributed by atoms with Gasteiger partial charge in [0.1, 0.15) is 5.82 Å². The second kappa shape index (κ2) is 10.2. The third-order valence-corrected chi connectivity index (χ3v) is 5.40. The number of nitrogens with zero attached hydrogens (tertiary/aromatic N) is 3. The van der Waals surface area contributed by atoms with Crippen LogP contribution >= 0.6 is 23.4 Å². The minimum Gasteiger partial charge on any atom is -0.345 e. The summed E-state index contributed by atoms with van der Waals surface area (Å²) in [4.78, 5) is 24.4. The molecule has 3 rings (SSSR count). The minimum absolute atomic E-state index is 0.130. The lowest BCUT2D eigenvalue weighted by Crippen LogP contribution is -2.24. The number of thioether (sulfide) groups is 1. The Kier molecular flexibility index (Phi) is 7.42. The van der Waals surface area contributed by atoms with Crippen molar-refractivity contribution >= 4 is 40.9 Å². The zero-order valence-corrected chi connectivity index (χ0v) is 17.6. The van der Waals surface area contributed by atoms with Crippen LogP contribution in [0.4, 0.5) is 10.1 Å². The molecule has 7 nitrogen and oxygen atoms in total. The normalized spacial score (nSPS) is 10.6. The van der Waals surface area contributed by atoms with Gasteiger partial charge in [-0.05, 0) is 43.3 Å². The molecule has 2 amide bonds. The van der Waals surface area contributed by atoms with E-state index < -0.39 is 5.82 Å². The maximum absolute atomic E-state index is 13.0. The lowest BCUT2D eigenvalue weighted by atomic mass is 10.2. The molecule has 0 saturated heterocycles. The lowest BCUT2D eigenvalue weighted by molar-refractivity contribution is -0.113. The molecule has 30 heavy (non-hydrogen) atoms. The highest BCUT2D eigenvalue weighted by atomic mass is 35.5. The summed E-state index contributed by atoms with van der Waals surface area (Å²) in [6.07, 6.45) is 0. The Morgan fingerprint density at radius 2 is 1.87 bits per heavy atom. The second-order valence-corrected chi connectivity index (χ2v) is 7.50. The van der Waals surface area contributed by atoms with Crippen LogP contribution in [-0.2, 0) is 17.9 Å². The van der Waals surface area contributed by atoms with E-state index >= 15 is 0 Å². The van der Waals surface area contributed by atoms with Gasteiger partial charge in [0.25, 0.3) is 5.91 Å². The zero-order valence-electron chi connectivity index (χ0n) is 16.1. The van der Waals surface area contributed by atoms with E-state index in [0.29, 0.717) is 33.8 Å². The highest BCUT2D eigenvalue weighted by molar-refractivity contribution is 7.99. The van der Waals surface area contributed by atoms with Crippen LogP contribution in [0.1, 0.15) is 23.1 Å². The largest absolute Gasteiger partial charge is 0.345 e. The molecule has 0 radical (unpaired) electrons. The molecule has 0 aliphatic heterocycles. The third kappa shape index (κ3) is 5.58. The summed E-state index contributed by atoms with van der Waals surface area (Å²) in [5, 5.41) is 14.7. The fraction of sp³-hybridized carbons (Fsp3) is 0.200. The number of halogens is 2. The van der Waals surface area contributed by atoms with E-state index in [4.69, 9.17) is 11.6 Å². The Bertz CT molecular complexity index is 1040. The number of aromatic nitrogens is 3. The van der Waals surface area contributed by atoms with Crippen molar-refractivity contribution in [3.63, 3.8) is 0 Å². The molecule has 156 valence electrons. The predicted molar refractivity (Wildman–Crippen MR) is 114 cm³/mol. The van der Waals surface area contributed by atoms with Gasteiger partial charge in [0, 0.05) is 12.1 Å². The molecule has 1 heterocycles. The first-order valence-electron chi connectivity index (χ1n) is 9.11. The predicted octanol–water partition coefficient (Wildman–Crippen LogP) is 3.75. The summed E-state index contributed by atoms with van der Waals surface area (Å²) in [7, 11) is 0. The van der Waals surface area contributed by atoms with E-state index in [2.05, 4.69) is 20.8 Å². The molecule has 0 bridgehead atoms. The molecule has 3 aromatic rings. The molecule has 0 saturated carbocycles. The van der Waals surface area contributed by atoms with E-state index in [1.54, 1.807) is 24.3 Å². The third-order valence-electron chi connectivity index (χ3n) is 4.10. The SMILES string of the molecule is CCn1c(CNC(=O)c2ccc(F)cc2)nnc1SCC(=O)Nc1ccccc1Cl. The van der Waals surface area contributed by atoms with Crippen LogP contribution in [0.3, 0.4) is 0 Å². The average Bonchev–Trinajstić information content (AvgIpc) is 3.14. The Morgan fingerprint density at radius 1 is 1.13 bits per heavy atom. The molecule has 2 aromatic carbocycles. The molecule has 0 fully saturated rings. The molecule has 2 N–H and O–H groups in total. The molecule has 0 aliphatic carbocycles. The van der Waals surface area contributed by atoms with Crippen molar-refractivity contribution in [2.75, 3.05) is 11.1 Å². The fourth-order valence-electron chi connectivity index (χ4n) is 2.62. The van der Waals surface area contributed by atoms with Gasteiger partial charge in [-0.3, -0.25) is 9.59 Å². The van der Waals surface area contributed by atoms with Crippen LogP contribution in [0.2, 0.25) is 5.02 Å². The van der Waals surface area contributed by atoms with Crippen molar-refractivity contribution in [2.24, 2.45) is 0 Å². The van der Waals surface area contributed by atoms with Gasteiger partial charge >= 0.3 is 0 Å². The highest BCUT2D eigenvalue weighted by Crippen LogP contribution is 2.22. The van der Waals surface area contributed by atoms with Crippen LogP contribution in [0.15, 0.2) is 53.7 Å². The van der Waals surface area contributed by atoms with Gasteiger partial charge in [-0.15, -0.1) is 10.2 Å². The van der Waals surface area contributed by atoms with Gasteiger partial charge in [-0.1, -0.05) is 35.5 Å². The number of hydrogen-bond donors (Lipinski definition) is 2. The van der Waals surface area contributed by atoms with Gasteiger partial charge in [-0.2, -0.15) is 0 Å². The fourth-order valence-corrected chi connectivity index (χ4v) is 3.62. The Balaban J connectivity index is 1.57. The van der Waals surface area contributed by atoms with Crippen molar-refractivity contribution in [2.45, 2.75) is 25.2 Å². The molecular formula is C20H19ClFN5O2S. The molecule has 0 unspecified atom stereocenters.